The highest BCUT2D eigenvalue weighted by Gasteiger charge is 2.20. The van der Waals surface area contributed by atoms with Crippen molar-refractivity contribution < 1.29 is 24.5 Å². The van der Waals surface area contributed by atoms with Gasteiger partial charge in [0.15, 0.2) is 0 Å². The van der Waals surface area contributed by atoms with Crippen LogP contribution in [0.4, 0.5) is 0 Å². The van der Waals surface area contributed by atoms with Crippen molar-refractivity contribution in [3.05, 3.63) is 36.5 Å². The molecule has 0 spiro atoms. The lowest BCUT2D eigenvalue weighted by molar-refractivity contribution is -0.143. The normalized spacial score (nSPS) is 12.8. The zero-order valence-electron chi connectivity index (χ0n) is 49.1. The summed E-state index contributed by atoms with van der Waals surface area (Å²) in [7, 11) is 0. The SMILES string of the molecule is CCCCCC/C=C\C/C=C\CCCCCCCC(=O)OCCCCCCCCCCCCCC/C=C\CCCCCCCCCC(=O)NC(CO)C(O)CCCCCCCCCCCCCCCCCCC. The molecule has 6 nitrogen and oxygen atoms in total. The summed E-state index contributed by atoms with van der Waals surface area (Å²) in [6.07, 6.45) is 78.7. The molecule has 0 aliphatic rings. The second-order valence-corrected chi connectivity index (χ2v) is 22.4. The molecule has 0 aromatic heterocycles. The van der Waals surface area contributed by atoms with E-state index in [1.54, 1.807) is 0 Å². The van der Waals surface area contributed by atoms with Crippen LogP contribution >= 0.6 is 0 Å². The van der Waals surface area contributed by atoms with Crippen LogP contribution in [0.1, 0.15) is 354 Å². The molecule has 1 amide bonds. The monoisotopic (exact) mass is 1030 g/mol. The molecule has 0 aromatic carbocycles. The summed E-state index contributed by atoms with van der Waals surface area (Å²) in [5.41, 5.74) is 0. The Hall–Kier alpha value is -1.92. The van der Waals surface area contributed by atoms with E-state index in [0.717, 1.165) is 51.4 Å². The lowest BCUT2D eigenvalue weighted by atomic mass is 10.0. The Labute approximate surface area is 455 Å². The quantitative estimate of drug-likeness (QED) is 0.0320. The number of aliphatic hydroxyl groups excluding tert-OH is 2. The lowest BCUT2D eigenvalue weighted by Gasteiger charge is -2.22. The number of rotatable bonds is 61. The molecule has 3 N–H and O–H groups in total. The molecule has 0 aromatic rings. The Kier molecular flexibility index (Phi) is 61.0. The molecule has 0 fully saturated rings. The Morgan fingerprint density at radius 2 is 0.685 bits per heavy atom. The zero-order valence-corrected chi connectivity index (χ0v) is 49.1. The van der Waals surface area contributed by atoms with Crippen LogP contribution in [0.25, 0.3) is 0 Å². The predicted molar refractivity (Wildman–Crippen MR) is 319 cm³/mol. The van der Waals surface area contributed by atoms with E-state index in [-0.39, 0.29) is 18.5 Å². The van der Waals surface area contributed by atoms with E-state index in [4.69, 9.17) is 4.74 Å². The molecular weight excluding hydrogens is 899 g/mol. The van der Waals surface area contributed by atoms with Crippen molar-refractivity contribution >= 4 is 11.9 Å². The summed E-state index contributed by atoms with van der Waals surface area (Å²) >= 11 is 0. The van der Waals surface area contributed by atoms with Crippen molar-refractivity contribution in [3.63, 3.8) is 0 Å². The fourth-order valence-electron chi connectivity index (χ4n) is 10.1. The summed E-state index contributed by atoms with van der Waals surface area (Å²) in [6, 6.07) is -0.547. The van der Waals surface area contributed by atoms with E-state index in [1.807, 2.05) is 0 Å². The van der Waals surface area contributed by atoms with Crippen molar-refractivity contribution in [3.8, 4) is 0 Å². The van der Waals surface area contributed by atoms with Crippen LogP contribution < -0.4 is 5.32 Å². The molecule has 430 valence electrons. The first-order chi connectivity index (χ1) is 36.0. The minimum absolute atomic E-state index is 0.00167. The number of ether oxygens (including phenoxy) is 1. The molecule has 0 saturated heterocycles. The van der Waals surface area contributed by atoms with E-state index in [1.165, 1.54) is 270 Å². The highest BCUT2D eigenvalue weighted by molar-refractivity contribution is 5.76. The number of unbranched alkanes of at least 4 members (excludes halogenated alkanes) is 44. The van der Waals surface area contributed by atoms with Gasteiger partial charge in [-0.2, -0.15) is 0 Å². The summed E-state index contributed by atoms with van der Waals surface area (Å²) in [5.74, 6) is -0.0408. The molecule has 0 saturated carbocycles. The van der Waals surface area contributed by atoms with Crippen LogP contribution in [0.5, 0.6) is 0 Å². The van der Waals surface area contributed by atoms with Gasteiger partial charge in [0, 0.05) is 12.8 Å². The van der Waals surface area contributed by atoms with Gasteiger partial charge in [0.1, 0.15) is 0 Å². The summed E-state index contributed by atoms with van der Waals surface area (Å²) < 4.78 is 5.48. The van der Waals surface area contributed by atoms with Crippen LogP contribution in [0.2, 0.25) is 0 Å². The number of aliphatic hydroxyl groups is 2. The summed E-state index contributed by atoms with van der Waals surface area (Å²) in [6.45, 7) is 4.95. The van der Waals surface area contributed by atoms with Crippen LogP contribution in [0.15, 0.2) is 36.5 Å². The number of carbonyl (C=O) groups excluding carboxylic acids is 2. The zero-order chi connectivity index (χ0) is 52.9. The van der Waals surface area contributed by atoms with Gasteiger partial charge in [-0.15, -0.1) is 0 Å². The number of hydrogen-bond donors (Lipinski definition) is 3. The van der Waals surface area contributed by atoms with Gasteiger partial charge >= 0.3 is 5.97 Å². The molecule has 2 unspecified atom stereocenters. The van der Waals surface area contributed by atoms with E-state index < -0.39 is 12.1 Å². The van der Waals surface area contributed by atoms with Crippen molar-refractivity contribution in [2.24, 2.45) is 0 Å². The van der Waals surface area contributed by atoms with Crippen molar-refractivity contribution in [2.45, 2.75) is 366 Å². The van der Waals surface area contributed by atoms with Crippen LogP contribution in [-0.4, -0.2) is 47.4 Å². The average Bonchev–Trinajstić information content (AvgIpc) is 3.39. The van der Waals surface area contributed by atoms with Crippen LogP contribution in [0.3, 0.4) is 0 Å². The molecule has 0 bridgehead atoms. The molecule has 0 rings (SSSR count). The van der Waals surface area contributed by atoms with Gasteiger partial charge in [-0.1, -0.05) is 294 Å². The Morgan fingerprint density at radius 3 is 1.07 bits per heavy atom. The lowest BCUT2D eigenvalue weighted by Crippen LogP contribution is -2.45. The van der Waals surface area contributed by atoms with E-state index >= 15 is 0 Å². The Morgan fingerprint density at radius 1 is 0.384 bits per heavy atom. The van der Waals surface area contributed by atoms with E-state index in [9.17, 15) is 19.8 Å². The third-order valence-corrected chi connectivity index (χ3v) is 15.2. The molecule has 0 aliphatic carbocycles. The van der Waals surface area contributed by atoms with Gasteiger partial charge < -0.3 is 20.3 Å². The van der Waals surface area contributed by atoms with E-state index in [2.05, 4.69) is 55.6 Å². The number of esters is 1. The highest BCUT2D eigenvalue weighted by Crippen LogP contribution is 2.18. The van der Waals surface area contributed by atoms with Crippen molar-refractivity contribution in [1.82, 2.24) is 5.32 Å². The largest absolute Gasteiger partial charge is 0.466 e. The number of hydrogen-bond acceptors (Lipinski definition) is 5. The molecule has 73 heavy (non-hydrogen) atoms. The Balaban J connectivity index is 3.41. The minimum atomic E-state index is -0.669. The molecule has 6 heteroatoms. The first-order valence-electron chi connectivity index (χ1n) is 32.7. The third kappa shape index (κ3) is 59.2. The van der Waals surface area contributed by atoms with Crippen LogP contribution in [-0.2, 0) is 14.3 Å². The maximum Gasteiger partial charge on any atom is 0.305 e. The number of carbonyl (C=O) groups is 2. The second kappa shape index (κ2) is 62.6. The number of amides is 1. The Bertz CT molecular complexity index is 1180. The number of allylic oxidation sites excluding steroid dienone is 6. The molecule has 0 aliphatic heterocycles. The fraction of sp³-hybridized carbons (Fsp3) is 0.881. The van der Waals surface area contributed by atoms with Gasteiger partial charge in [-0.25, -0.2) is 0 Å². The molecule has 0 heterocycles. The van der Waals surface area contributed by atoms with Crippen molar-refractivity contribution in [1.29, 1.82) is 0 Å². The maximum atomic E-state index is 12.5. The minimum Gasteiger partial charge on any atom is -0.466 e. The second-order valence-electron chi connectivity index (χ2n) is 22.4. The maximum absolute atomic E-state index is 12.5. The number of nitrogens with one attached hydrogen (secondary N) is 1. The topological polar surface area (TPSA) is 95.9 Å². The molecule has 2 atom stereocenters. The first-order valence-corrected chi connectivity index (χ1v) is 32.7. The summed E-state index contributed by atoms with van der Waals surface area (Å²) in [5, 5.41) is 23.3. The first kappa shape index (κ1) is 71.1. The standard InChI is InChI=1S/C67H127NO5/c1-3-5-7-9-11-13-15-17-19-28-31-35-39-43-47-51-55-59-65(70)64(63-69)68-66(71)60-56-52-48-44-40-36-32-29-26-24-22-21-23-25-27-30-34-38-42-46-50-54-58-62-73-67(72)61-57-53-49-45-41-37-33-20-18-16-14-12-10-8-6-4-2/h14,16,20,24,26,33,64-65,69-70H,3-13,15,17-19,21-23,25,27-32,34-63H2,1-2H3,(H,68,71)/b16-14-,26-24-,33-20-. The van der Waals surface area contributed by atoms with Gasteiger partial charge in [0.05, 0.1) is 25.4 Å². The molecular formula is C67H127NO5. The molecule has 0 radical (unpaired) electrons. The smallest absolute Gasteiger partial charge is 0.305 e. The average molecular weight is 1030 g/mol. The fourth-order valence-corrected chi connectivity index (χ4v) is 10.1. The summed E-state index contributed by atoms with van der Waals surface area (Å²) in [4.78, 5) is 24.6. The third-order valence-electron chi connectivity index (χ3n) is 15.2. The van der Waals surface area contributed by atoms with Crippen molar-refractivity contribution in [2.75, 3.05) is 13.2 Å². The van der Waals surface area contributed by atoms with Gasteiger partial charge in [-0.05, 0) is 83.5 Å². The highest BCUT2D eigenvalue weighted by atomic mass is 16.5. The van der Waals surface area contributed by atoms with Gasteiger partial charge in [0.25, 0.3) is 0 Å². The van der Waals surface area contributed by atoms with E-state index in [0.29, 0.717) is 25.9 Å². The predicted octanol–water partition coefficient (Wildman–Crippen LogP) is 20.8. The van der Waals surface area contributed by atoms with Crippen LogP contribution in [0, 0.1) is 0 Å². The van der Waals surface area contributed by atoms with Gasteiger partial charge in [-0.3, -0.25) is 9.59 Å². The van der Waals surface area contributed by atoms with Gasteiger partial charge in [0.2, 0.25) is 5.91 Å².